The number of nitrogens with zero attached hydrogens (tertiary/aromatic N) is 2. The fraction of sp³-hybridized carbons (Fsp3) is 0. The zero-order valence-electron chi connectivity index (χ0n) is 49.2. The van der Waals surface area contributed by atoms with E-state index in [4.69, 9.17) is 0 Å². The quantitative estimate of drug-likeness (QED) is 0.140. The number of fused-ring (bicyclic) bond motifs is 10. The van der Waals surface area contributed by atoms with Crippen LogP contribution in [0.15, 0.2) is 340 Å². The molecule has 16 aromatic rings. The summed E-state index contributed by atoms with van der Waals surface area (Å²) in [4.78, 5) is 5.05. The third kappa shape index (κ3) is 9.09. The predicted octanol–water partition coefficient (Wildman–Crippen LogP) is 18.4. The van der Waals surface area contributed by atoms with Gasteiger partial charge in [0.15, 0.2) is 0 Å². The molecule has 0 bridgehead atoms. The first kappa shape index (κ1) is 53.8. The number of anilines is 6. The number of thiophene rings is 1. The van der Waals surface area contributed by atoms with Gasteiger partial charge in [-0.3, -0.25) is 0 Å². The van der Waals surface area contributed by atoms with Crippen molar-refractivity contribution >= 4 is 146 Å². The Kier molecular flexibility index (Phi) is 13.7. The third-order valence-corrected chi connectivity index (χ3v) is 22.1. The molecular formula is C84H56B2N2SSe. The summed E-state index contributed by atoms with van der Waals surface area (Å²) in [6.07, 6.45) is 0. The van der Waals surface area contributed by atoms with Crippen LogP contribution in [0.2, 0.25) is 0 Å². The van der Waals surface area contributed by atoms with Crippen LogP contribution in [0, 0.1) is 0 Å². The topological polar surface area (TPSA) is 6.48 Å². The first-order valence-corrected chi connectivity index (χ1v) is 33.5. The van der Waals surface area contributed by atoms with Crippen molar-refractivity contribution in [3.63, 3.8) is 0 Å². The summed E-state index contributed by atoms with van der Waals surface area (Å²) in [5.41, 5.74) is 25.5. The Morgan fingerprint density at radius 2 is 0.567 bits per heavy atom. The van der Waals surface area contributed by atoms with Gasteiger partial charge in [0.1, 0.15) is 0 Å². The largest absolute Gasteiger partial charge is 0.310 e. The van der Waals surface area contributed by atoms with Crippen molar-refractivity contribution in [3.8, 4) is 44.5 Å². The SMILES string of the molecule is c1ccc(-c2cccc(-c3ccccc3)c2B2c3ccccc3N(c3cccc4c3[se]c3ccccc34)c3ccccc32)cc1.c1ccc(-c2cccc(-c3ccccc3)c2B2c3ccccc3N(c3cccc4c3sc3ccccc34)c3ccccc32)cc1. The molecule has 0 saturated carbocycles. The van der Waals surface area contributed by atoms with Gasteiger partial charge in [-0.15, -0.1) is 11.3 Å². The van der Waals surface area contributed by atoms with Gasteiger partial charge >= 0.3 is 271 Å². The fourth-order valence-corrected chi connectivity index (χ4v) is 18.3. The Labute approximate surface area is 535 Å². The number of hydrogen-bond acceptors (Lipinski definition) is 3. The van der Waals surface area contributed by atoms with Crippen LogP contribution < -0.4 is 42.6 Å². The maximum atomic E-state index is 2.54. The Morgan fingerprint density at radius 1 is 0.244 bits per heavy atom. The van der Waals surface area contributed by atoms with Crippen molar-refractivity contribution in [1.82, 2.24) is 0 Å². The van der Waals surface area contributed by atoms with Crippen molar-refractivity contribution in [2.45, 2.75) is 0 Å². The summed E-state index contributed by atoms with van der Waals surface area (Å²) in [5, 5.41) is 5.39. The minimum absolute atomic E-state index is 0.0434. The molecule has 0 amide bonds. The Hall–Kier alpha value is -10.5. The minimum atomic E-state index is 0.0434. The molecule has 18 rings (SSSR count). The molecule has 0 fully saturated rings. The molecule has 90 heavy (non-hydrogen) atoms. The smallest absolute Gasteiger partial charge is 0.248 e. The zero-order chi connectivity index (χ0) is 59.5. The van der Waals surface area contributed by atoms with Crippen LogP contribution >= 0.6 is 11.3 Å². The van der Waals surface area contributed by atoms with E-state index < -0.39 is 0 Å². The number of rotatable bonds is 8. The Bertz CT molecular complexity index is 4810. The number of hydrogen-bond donors (Lipinski definition) is 0. The maximum Gasteiger partial charge on any atom is 0.248 e. The van der Waals surface area contributed by atoms with Crippen molar-refractivity contribution in [2.75, 3.05) is 9.80 Å². The Morgan fingerprint density at radius 3 is 1.02 bits per heavy atom. The van der Waals surface area contributed by atoms with Crippen LogP contribution in [0.4, 0.5) is 34.1 Å². The molecule has 6 heteroatoms. The zero-order valence-corrected chi connectivity index (χ0v) is 51.7. The summed E-state index contributed by atoms with van der Waals surface area (Å²) in [6, 6.07) is 125. The molecule has 0 aliphatic carbocycles. The van der Waals surface area contributed by atoms with E-state index in [1.54, 1.807) is 0 Å². The van der Waals surface area contributed by atoms with E-state index in [-0.39, 0.29) is 27.9 Å². The van der Waals surface area contributed by atoms with Gasteiger partial charge in [0.2, 0.25) is 6.71 Å². The van der Waals surface area contributed by atoms with E-state index in [0.717, 1.165) is 0 Å². The van der Waals surface area contributed by atoms with Crippen LogP contribution in [0.3, 0.4) is 0 Å². The van der Waals surface area contributed by atoms with Gasteiger partial charge in [-0.1, -0.05) is 151 Å². The van der Waals surface area contributed by atoms with Crippen LogP contribution in [-0.4, -0.2) is 27.9 Å². The molecule has 2 aromatic heterocycles. The molecule has 0 radical (unpaired) electrons. The van der Waals surface area contributed by atoms with Crippen LogP contribution in [0.5, 0.6) is 0 Å². The molecule has 420 valence electrons. The van der Waals surface area contributed by atoms with Gasteiger partial charge in [0.05, 0.1) is 10.4 Å². The second-order valence-electron chi connectivity index (χ2n) is 23.3. The van der Waals surface area contributed by atoms with Gasteiger partial charge in [-0.2, -0.15) is 0 Å². The second kappa shape index (κ2) is 22.9. The molecular weight excluding hydrogens is 1170 g/mol. The van der Waals surface area contributed by atoms with E-state index in [1.165, 1.54) is 151 Å². The van der Waals surface area contributed by atoms with Gasteiger partial charge in [0, 0.05) is 26.8 Å². The summed E-state index contributed by atoms with van der Waals surface area (Å²) in [7, 11) is 0. The minimum Gasteiger partial charge on any atom is -0.310 e. The molecule has 0 N–H and O–H groups in total. The summed E-state index contributed by atoms with van der Waals surface area (Å²) in [6.45, 7) is 0.0987. The molecule has 2 aliphatic heterocycles. The average Bonchev–Trinajstić information content (AvgIpc) is 0.903. The van der Waals surface area contributed by atoms with E-state index in [2.05, 4.69) is 350 Å². The molecule has 14 aromatic carbocycles. The first-order chi connectivity index (χ1) is 44.7. The van der Waals surface area contributed by atoms with Crippen LogP contribution in [-0.2, 0) is 0 Å². The van der Waals surface area contributed by atoms with Gasteiger partial charge < -0.3 is 4.90 Å². The average molecular weight is 1230 g/mol. The molecule has 0 saturated heterocycles. The summed E-state index contributed by atoms with van der Waals surface area (Å²) >= 11 is 2.13. The van der Waals surface area contributed by atoms with Crippen molar-refractivity contribution in [3.05, 3.63) is 340 Å². The van der Waals surface area contributed by atoms with E-state index in [0.29, 0.717) is 0 Å². The first-order valence-electron chi connectivity index (χ1n) is 31.0. The third-order valence-electron chi connectivity index (χ3n) is 18.3. The van der Waals surface area contributed by atoms with Crippen molar-refractivity contribution in [1.29, 1.82) is 0 Å². The van der Waals surface area contributed by atoms with Crippen molar-refractivity contribution in [2.24, 2.45) is 0 Å². The molecule has 2 aliphatic rings. The van der Waals surface area contributed by atoms with Gasteiger partial charge in [0.25, 0.3) is 0 Å². The standard InChI is InChI=1S/C42H28BNS.C42H28BNSe/c2*1-3-15-29(16-4-1)31-20-13-21-32(30-17-5-2-6-18-30)41(31)43-35-23-8-10-25-37(35)44(38-26-11-9-24-36(38)43)39-27-14-22-34-33-19-7-12-28-40(33)45-42(34)39/h2*1-28H. The van der Waals surface area contributed by atoms with E-state index in [1.807, 2.05) is 11.3 Å². The monoisotopic (exact) mass is 1230 g/mol. The molecule has 0 unspecified atom stereocenters. The Balaban J connectivity index is 0.000000139. The van der Waals surface area contributed by atoms with Gasteiger partial charge in [-0.25, -0.2) is 0 Å². The van der Waals surface area contributed by atoms with Crippen LogP contribution in [0.25, 0.3) is 84.0 Å². The fourth-order valence-electron chi connectivity index (χ4n) is 14.5. The normalized spacial score (nSPS) is 12.4. The van der Waals surface area contributed by atoms with Crippen molar-refractivity contribution < 1.29 is 0 Å². The second-order valence-corrected chi connectivity index (χ2v) is 26.5. The van der Waals surface area contributed by atoms with Crippen LogP contribution in [0.1, 0.15) is 0 Å². The molecule has 2 nitrogen and oxygen atoms in total. The summed E-state index contributed by atoms with van der Waals surface area (Å²) < 4.78 is 5.56. The molecule has 0 atom stereocenters. The maximum absolute atomic E-state index is 2.54. The van der Waals surface area contributed by atoms with Gasteiger partial charge in [-0.05, 0) is 57.4 Å². The summed E-state index contributed by atoms with van der Waals surface area (Å²) in [5.74, 6) is 0. The van der Waals surface area contributed by atoms with E-state index in [9.17, 15) is 0 Å². The number of para-hydroxylation sites is 4. The van der Waals surface area contributed by atoms with E-state index >= 15 is 0 Å². The number of benzene rings is 14. The predicted molar refractivity (Wildman–Crippen MR) is 391 cm³/mol. The molecule has 4 heterocycles. The molecule has 0 spiro atoms.